The van der Waals surface area contributed by atoms with Gasteiger partial charge in [-0.15, -0.1) is 12.4 Å². The van der Waals surface area contributed by atoms with Crippen LogP contribution in [-0.4, -0.2) is 50.5 Å². The van der Waals surface area contributed by atoms with E-state index >= 15 is 0 Å². The standard InChI is InChI=1S/C23H28N2O2.ClH/c1-27-22-12-5-4-11-21(22)25-15-13-24(14-16-25)17-19-9-6-8-18-7-2-3-10-20(18)23(19)26;/h2-5,7,10-12,19H,6,8-9,13-17H2,1H3;1H. The van der Waals surface area contributed by atoms with Crippen LogP contribution in [0.1, 0.15) is 28.8 Å². The molecule has 1 fully saturated rings. The van der Waals surface area contributed by atoms with Crippen molar-refractivity contribution in [3.63, 3.8) is 0 Å². The number of piperazine rings is 1. The number of ketones is 1. The van der Waals surface area contributed by atoms with Crippen LogP contribution in [0.15, 0.2) is 48.5 Å². The summed E-state index contributed by atoms with van der Waals surface area (Å²) >= 11 is 0. The van der Waals surface area contributed by atoms with Crippen molar-refractivity contribution in [3.8, 4) is 5.75 Å². The van der Waals surface area contributed by atoms with Crippen LogP contribution in [0.3, 0.4) is 0 Å². The summed E-state index contributed by atoms with van der Waals surface area (Å²) in [5, 5.41) is 0. The molecule has 0 amide bonds. The second-order valence-electron chi connectivity index (χ2n) is 7.57. The molecule has 1 unspecified atom stereocenters. The number of rotatable bonds is 4. The highest BCUT2D eigenvalue weighted by molar-refractivity contribution is 5.99. The summed E-state index contributed by atoms with van der Waals surface area (Å²) in [5.41, 5.74) is 3.35. The Morgan fingerprint density at radius 1 is 1.00 bits per heavy atom. The first-order valence-electron chi connectivity index (χ1n) is 9.98. The smallest absolute Gasteiger partial charge is 0.167 e. The third-order valence-electron chi connectivity index (χ3n) is 5.93. The fraction of sp³-hybridized carbons (Fsp3) is 0.435. The van der Waals surface area contributed by atoms with Gasteiger partial charge in [0.1, 0.15) is 5.75 Å². The highest BCUT2D eigenvalue weighted by Gasteiger charge is 2.28. The number of benzene rings is 2. The Morgan fingerprint density at radius 2 is 1.71 bits per heavy atom. The Balaban J connectivity index is 0.00000225. The predicted octanol–water partition coefficient (Wildman–Crippen LogP) is 4.07. The number of methoxy groups -OCH3 is 1. The van der Waals surface area contributed by atoms with E-state index in [0.29, 0.717) is 5.78 Å². The molecular formula is C23H29ClN2O2. The third-order valence-corrected chi connectivity index (χ3v) is 5.93. The van der Waals surface area contributed by atoms with Gasteiger partial charge >= 0.3 is 0 Å². The van der Waals surface area contributed by atoms with Gasteiger partial charge in [0.15, 0.2) is 5.78 Å². The van der Waals surface area contributed by atoms with E-state index in [0.717, 1.165) is 63.3 Å². The highest BCUT2D eigenvalue weighted by atomic mass is 35.5. The fourth-order valence-corrected chi connectivity index (χ4v) is 4.42. The summed E-state index contributed by atoms with van der Waals surface area (Å²) in [4.78, 5) is 17.9. The lowest BCUT2D eigenvalue weighted by Crippen LogP contribution is -2.48. The minimum absolute atomic E-state index is 0. The number of Topliss-reactive ketones (excluding diaryl/α,β-unsaturated/α-hetero) is 1. The van der Waals surface area contributed by atoms with E-state index in [-0.39, 0.29) is 18.3 Å². The van der Waals surface area contributed by atoms with Crippen molar-refractivity contribution >= 4 is 23.9 Å². The molecule has 0 N–H and O–H groups in total. The number of halogens is 1. The van der Waals surface area contributed by atoms with Gasteiger partial charge in [0, 0.05) is 44.2 Å². The molecular weight excluding hydrogens is 372 g/mol. The minimum Gasteiger partial charge on any atom is -0.495 e. The number of carbonyl (C=O) groups is 1. The van der Waals surface area contributed by atoms with Crippen molar-refractivity contribution in [1.29, 1.82) is 0 Å². The Bertz CT molecular complexity index is 803. The highest BCUT2D eigenvalue weighted by Crippen LogP contribution is 2.29. The predicted molar refractivity (Wildman–Crippen MR) is 116 cm³/mol. The Hall–Kier alpha value is -2.04. The zero-order chi connectivity index (χ0) is 18.6. The van der Waals surface area contributed by atoms with E-state index < -0.39 is 0 Å². The molecule has 4 nitrogen and oxygen atoms in total. The maximum atomic E-state index is 13.0. The summed E-state index contributed by atoms with van der Waals surface area (Å²) in [6, 6.07) is 16.4. The van der Waals surface area contributed by atoms with Gasteiger partial charge in [-0.05, 0) is 37.0 Å². The molecule has 28 heavy (non-hydrogen) atoms. The van der Waals surface area contributed by atoms with Gasteiger partial charge in [0.2, 0.25) is 0 Å². The Kier molecular flexibility index (Phi) is 6.97. The van der Waals surface area contributed by atoms with Crippen molar-refractivity contribution in [3.05, 3.63) is 59.7 Å². The van der Waals surface area contributed by atoms with Crippen molar-refractivity contribution in [2.75, 3.05) is 44.7 Å². The first kappa shape index (κ1) is 20.7. The number of aryl methyl sites for hydroxylation is 1. The third kappa shape index (κ3) is 4.34. The number of anilines is 1. The zero-order valence-electron chi connectivity index (χ0n) is 16.5. The van der Waals surface area contributed by atoms with Crippen LogP contribution in [-0.2, 0) is 6.42 Å². The largest absolute Gasteiger partial charge is 0.495 e. The molecule has 1 heterocycles. The topological polar surface area (TPSA) is 32.8 Å². The summed E-state index contributed by atoms with van der Waals surface area (Å²) in [6.45, 7) is 4.80. The number of carbonyl (C=O) groups excluding carboxylic acids is 1. The second-order valence-corrected chi connectivity index (χ2v) is 7.57. The average molecular weight is 401 g/mol. The van der Waals surface area contributed by atoms with Crippen molar-refractivity contribution in [1.82, 2.24) is 4.90 Å². The van der Waals surface area contributed by atoms with Crippen LogP contribution in [0.2, 0.25) is 0 Å². The molecule has 1 aliphatic heterocycles. The lowest BCUT2D eigenvalue weighted by molar-refractivity contribution is 0.0870. The van der Waals surface area contributed by atoms with Gasteiger partial charge < -0.3 is 9.64 Å². The van der Waals surface area contributed by atoms with Gasteiger partial charge in [0.05, 0.1) is 12.8 Å². The number of nitrogens with zero attached hydrogens (tertiary/aromatic N) is 2. The van der Waals surface area contributed by atoms with E-state index in [1.807, 2.05) is 30.3 Å². The van der Waals surface area contributed by atoms with Crippen molar-refractivity contribution in [2.24, 2.45) is 5.92 Å². The molecule has 1 saturated heterocycles. The number of hydrogen-bond acceptors (Lipinski definition) is 4. The van der Waals surface area contributed by atoms with E-state index in [1.54, 1.807) is 7.11 Å². The summed E-state index contributed by atoms with van der Waals surface area (Å²) in [5.74, 6) is 1.41. The number of fused-ring (bicyclic) bond motifs is 1. The van der Waals surface area contributed by atoms with Crippen LogP contribution in [0.25, 0.3) is 0 Å². The van der Waals surface area contributed by atoms with E-state index in [4.69, 9.17) is 4.74 Å². The maximum absolute atomic E-state index is 13.0. The quantitative estimate of drug-likeness (QED) is 0.724. The molecule has 0 saturated carbocycles. The van der Waals surface area contributed by atoms with Crippen LogP contribution < -0.4 is 9.64 Å². The lowest BCUT2D eigenvalue weighted by Gasteiger charge is -2.37. The SMILES string of the molecule is COc1ccccc1N1CCN(CC2CCCc3ccccc3C2=O)CC1.Cl. The summed E-state index contributed by atoms with van der Waals surface area (Å²) < 4.78 is 5.51. The van der Waals surface area contributed by atoms with Crippen LogP contribution >= 0.6 is 12.4 Å². The molecule has 5 heteroatoms. The molecule has 2 aliphatic rings. The molecule has 4 rings (SSSR count). The normalized spacial score (nSPS) is 20.1. The second kappa shape index (κ2) is 9.44. The van der Waals surface area contributed by atoms with Gasteiger partial charge in [-0.2, -0.15) is 0 Å². The molecule has 2 aromatic carbocycles. The van der Waals surface area contributed by atoms with Crippen LogP contribution in [0.5, 0.6) is 5.75 Å². The summed E-state index contributed by atoms with van der Waals surface area (Å²) in [7, 11) is 1.73. The minimum atomic E-state index is 0. The zero-order valence-corrected chi connectivity index (χ0v) is 17.3. The average Bonchev–Trinajstić information content (AvgIpc) is 2.88. The summed E-state index contributed by atoms with van der Waals surface area (Å²) in [6.07, 6.45) is 3.13. The molecule has 0 spiro atoms. The number of para-hydroxylation sites is 2. The Morgan fingerprint density at radius 3 is 2.50 bits per heavy atom. The molecule has 1 atom stereocenters. The van der Waals surface area contributed by atoms with Gasteiger partial charge in [0.25, 0.3) is 0 Å². The first-order chi connectivity index (χ1) is 13.3. The van der Waals surface area contributed by atoms with Crippen molar-refractivity contribution in [2.45, 2.75) is 19.3 Å². The van der Waals surface area contributed by atoms with Crippen molar-refractivity contribution < 1.29 is 9.53 Å². The molecule has 1 aliphatic carbocycles. The van der Waals surface area contributed by atoms with Gasteiger partial charge in [-0.3, -0.25) is 9.69 Å². The molecule has 0 aromatic heterocycles. The molecule has 2 aromatic rings. The first-order valence-corrected chi connectivity index (χ1v) is 9.98. The number of ether oxygens (including phenoxy) is 1. The van der Waals surface area contributed by atoms with Crippen LogP contribution in [0, 0.1) is 5.92 Å². The molecule has 150 valence electrons. The Labute approximate surface area is 173 Å². The fourth-order valence-electron chi connectivity index (χ4n) is 4.42. The number of hydrogen-bond donors (Lipinski definition) is 0. The van der Waals surface area contributed by atoms with E-state index in [1.165, 1.54) is 11.3 Å². The van der Waals surface area contributed by atoms with Gasteiger partial charge in [-0.1, -0.05) is 36.4 Å². The maximum Gasteiger partial charge on any atom is 0.167 e. The van der Waals surface area contributed by atoms with E-state index in [9.17, 15) is 4.79 Å². The van der Waals surface area contributed by atoms with Crippen LogP contribution in [0.4, 0.5) is 5.69 Å². The molecule has 0 radical (unpaired) electrons. The lowest BCUT2D eigenvalue weighted by atomic mass is 9.94. The monoisotopic (exact) mass is 400 g/mol. The molecule has 0 bridgehead atoms. The van der Waals surface area contributed by atoms with Gasteiger partial charge in [-0.25, -0.2) is 0 Å². The van der Waals surface area contributed by atoms with E-state index in [2.05, 4.69) is 28.0 Å².